The molecule has 2 nitrogen and oxygen atoms in total. The maximum absolute atomic E-state index is 13.8. The van der Waals surface area contributed by atoms with Gasteiger partial charge >= 0.3 is 0 Å². The summed E-state index contributed by atoms with van der Waals surface area (Å²) in [6.45, 7) is 11.7. The molecule has 6 heteroatoms. The van der Waals surface area contributed by atoms with Crippen molar-refractivity contribution < 1.29 is 22.7 Å². The molecule has 0 saturated carbocycles. The van der Waals surface area contributed by atoms with Gasteiger partial charge in [0.2, 0.25) is 0 Å². The van der Waals surface area contributed by atoms with Crippen LogP contribution in [0, 0.1) is 23.3 Å². The molecule has 0 aromatic heterocycles. The quantitative estimate of drug-likeness (QED) is 0.370. The van der Waals surface area contributed by atoms with Gasteiger partial charge in [0.15, 0.2) is 23.3 Å². The monoisotopic (exact) mass is 381 g/mol. The topological polar surface area (TPSA) is 32.6 Å². The van der Waals surface area contributed by atoms with E-state index in [1.807, 2.05) is 47.6 Å². The number of benzene rings is 2. The Morgan fingerprint density at radius 2 is 1.33 bits per heavy atom. The van der Waals surface area contributed by atoms with E-state index in [1.165, 1.54) is 0 Å². The highest BCUT2D eigenvalue weighted by atomic mass is 19.2. The number of aromatic hydroxyl groups is 1. The molecule has 0 aliphatic rings. The van der Waals surface area contributed by atoms with Crippen molar-refractivity contribution in [2.24, 2.45) is 4.99 Å². The molecule has 146 valence electrons. The van der Waals surface area contributed by atoms with Gasteiger partial charge in [-0.1, -0.05) is 47.6 Å². The number of aliphatic imine (C=N–C) groups is 1. The van der Waals surface area contributed by atoms with Crippen LogP contribution in [0.25, 0.3) is 0 Å². The van der Waals surface area contributed by atoms with Gasteiger partial charge in [0.05, 0.1) is 0 Å². The molecular weight excluding hydrogens is 358 g/mol. The maximum atomic E-state index is 13.8. The Kier molecular flexibility index (Phi) is 5.41. The molecule has 0 fully saturated rings. The van der Waals surface area contributed by atoms with Gasteiger partial charge in [0.25, 0.3) is 0 Å². The second-order valence-corrected chi connectivity index (χ2v) is 8.54. The van der Waals surface area contributed by atoms with E-state index in [9.17, 15) is 22.7 Å². The average Bonchev–Trinajstić information content (AvgIpc) is 2.52. The molecule has 0 heterocycles. The smallest absolute Gasteiger partial charge is 0.187 e. The Hall–Kier alpha value is -2.37. The van der Waals surface area contributed by atoms with Gasteiger partial charge in [-0.05, 0) is 22.5 Å². The fraction of sp³-hybridized carbons (Fsp3) is 0.381. The number of phenolic OH excluding ortho intramolecular Hbond substituents is 1. The van der Waals surface area contributed by atoms with Crippen LogP contribution in [-0.2, 0) is 10.8 Å². The molecule has 2 rings (SSSR count). The predicted molar refractivity (Wildman–Crippen MR) is 99.0 cm³/mol. The zero-order chi connectivity index (χ0) is 20.7. The number of phenols is 1. The Morgan fingerprint density at radius 3 is 1.78 bits per heavy atom. The van der Waals surface area contributed by atoms with Crippen LogP contribution < -0.4 is 0 Å². The summed E-state index contributed by atoms with van der Waals surface area (Å²) >= 11 is 0. The zero-order valence-corrected chi connectivity index (χ0v) is 16.2. The Morgan fingerprint density at radius 1 is 0.815 bits per heavy atom. The molecular formula is C21H23F4NO. The van der Waals surface area contributed by atoms with Crippen molar-refractivity contribution in [3.8, 4) is 5.75 Å². The molecule has 0 amide bonds. The fourth-order valence-corrected chi connectivity index (χ4v) is 2.57. The number of rotatable bonds is 2. The molecule has 0 aliphatic heterocycles. The zero-order valence-electron chi connectivity index (χ0n) is 16.2. The molecule has 2 aromatic carbocycles. The SMILES string of the molecule is CC(C)(C)c1cc(C=Nc2c(F)c(F)cc(F)c2F)c(O)c(C(C)(C)C)c1. The third-order valence-electron chi connectivity index (χ3n) is 4.23. The van der Waals surface area contributed by atoms with Crippen LogP contribution in [0.2, 0.25) is 0 Å². The lowest BCUT2D eigenvalue weighted by molar-refractivity contribution is 0.444. The third-order valence-corrected chi connectivity index (χ3v) is 4.23. The van der Waals surface area contributed by atoms with Gasteiger partial charge in [-0.3, -0.25) is 0 Å². The molecule has 27 heavy (non-hydrogen) atoms. The highest BCUT2D eigenvalue weighted by Crippen LogP contribution is 2.37. The van der Waals surface area contributed by atoms with Crippen molar-refractivity contribution in [3.63, 3.8) is 0 Å². The summed E-state index contributed by atoms with van der Waals surface area (Å²) in [7, 11) is 0. The standard InChI is InChI=1S/C21H23F4NO/c1-20(2,3)12-7-11(19(27)13(8-12)21(4,5)6)10-26-18-16(24)14(22)9-15(23)17(18)25/h7-10,27H,1-6H3. The van der Waals surface area contributed by atoms with Crippen molar-refractivity contribution in [1.29, 1.82) is 0 Å². The van der Waals surface area contributed by atoms with Crippen LogP contribution in [0.1, 0.15) is 58.2 Å². The Balaban J connectivity index is 2.68. The molecule has 1 N–H and O–H groups in total. The first kappa shape index (κ1) is 20.9. The lowest BCUT2D eigenvalue weighted by Gasteiger charge is -2.27. The van der Waals surface area contributed by atoms with Crippen molar-refractivity contribution in [3.05, 3.63) is 58.2 Å². The summed E-state index contributed by atoms with van der Waals surface area (Å²) in [5.41, 5.74) is -0.0466. The third kappa shape index (κ3) is 4.31. The van der Waals surface area contributed by atoms with Gasteiger partial charge in [0.1, 0.15) is 11.4 Å². The van der Waals surface area contributed by atoms with E-state index in [0.29, 0.717) is 5.56 Å². The minimum absolute atomic E-state index is 0.100. The van der Waals surface area contributed by atoms with E-state index >= 15 is 0 Å². The van der Waals surface area contributed by atoms with Crippen LogP contribution in [0.5, 0.6) is 5.75 Å². The molecule has 2 aromatic rings. The van der Waals surface area contributed by atoms with Crippen LogP contribution in [-0.4, -0.2) is 11.3 Å². The summed E-state index contributed by atoms with van der Waals surface area (Å²) in [4.78, 5) is 3.59. The van der Waals surface area contributed by atoms with E-state index < -0.39 is 34.4 Å². The first-order valence-electron chi connectivity index (χ1n) is 8.48. The molecule has 0 aliphatic carbocycles. The van der Waals surface area contributed by atoms with Gasteiger partial charge in [-0.15, -0.1) is 0 Å². The van der Waals surface area contributed by atoms with Crippen molar-refractivity contribution >= 4 is 11.9 Å². The first-order chi connectivity index (χ1) is 12.2. The van der Waals surface area contributed by atoms with E-state index in [0.717, 1.165) is 11.8 Å². The first-order valence-corrected chi connectivity index (χ1v) is 8.48. The minimum Gasteiger partial charge on any atom is -0.507 e. The largest absolute Gasteiger partial charge is 0.507 e. The van der Waals surface area contributed by atoms with E-state index in [1.54, 1.807) is 6.07 Å². The van der Waals surface area contributed by atoms with Crippen molar-refractivity contribution in [2.45, 2.75) is 52.4 Å². The normalized spacial score (nSPS) is 12.8. The highest BCUT2D eigenvalue weighted by molar-refractivity contribution is 5.87. The lowest BCUT2D eigenvalue weighted by atomic mass is 9.79. The van der Waals surface area contributed by atoms with Crippen LogP contribution in [0.4, 0.5) is 23.2 Å². The fourth-order valence-electron chi connectivity index (χ4n) is 2.57. The maximum Gasteiger partial charge on any atom is 0.187 e. The summed E-state index contributed by atoms with van der Waals surface area (Å²) in [5, 5.41) is 10.6. The van der Waals surface area contributed by atoms with Gasteiger partial charge < -0.3 is 5.11 Å². The summed E-state index contributed by atoms with van der Waals surface area (Å²) in [6.07, 6.45) is 1.01. The van der Waals surface area contributed by atoms with Crippen LogP contribution in [0.3, 0.4) is 0 Å². The highest BCUT2D eigenvalue weighted by Gasteiger charge is 2.25. The summed E-state index contributed by atoms with van der Waals surface area (Å²) in [6, 6.07) is 3.63. The summed E-state index contributed by atoms with van der Waals surface area (Å²) < 4.78 is 54.4. The van der Waals surface area contributed by atoms with Gasteiger partial charge in [0, 0.05) is 23.4 Å². The number of nitrogens with zero attached hydrogens (tertiary/aromatic N) is 1. The van der Waals surface area contributed by atoms with Crippen molar-refractivity contribution in [1.82, 2.24) is 0 Å². The minimum atomic E-state index is -1.59. The van der Waals surface area contributed by atoms with Crippen molar-refractivity contribution in [2.75, 3.05) is 0 Å². The number of halogens is 4. The molecule has 0 bridgehead atoms. The Bertz CT molecular complexity index is 880. The molecule has 0 radical (unpaired) electrons. The molecule has 0 unspecified atom stereocenters. The number of hydrogen-bond donors (Lipinski definition) is 1. The van der Waals surface area contributed by atoms with Gasteiger partial charge in [-0.2, -0.15) is 0 Å². The predicted octanol–water partition coefficient (Wildman–Crippen LogP) is 6.29. The van der Waals surface area contributed by atoms with Crippen LogP contribution in [0.15, 0.2) is 23.2 Å². The van der Waals surface area contributed by atoms with Gasteiger partial charge in [-0.25, -0.2) is 22.6 Å². The molecule has 0 saturated heterocycles. The second-order valence-electron chi connectivity index (χ2n) is 8.54. The Labute approximate surface area is 156 Å². The molecule has 0 atom stereocenters. The molecule has 0 spiro atoms. The van der Waals surface area contributed by atoms with E-state index in [-0.39, 0.29) is 22.8 Å². The average molecular weight is 381 g/mol. The van der Waals surface area contributed by atoms with E-state index in [2.05, 4.69) is 4.99 Å². The van der Waals surface area contributed by atoms with E-state index in [4.69, 9.17) is 0 Å². The van der Waals surface area contributed by atoms with Crippen LogP contribution >= 0.6 is 0 Å². The number of hydrogen-bond acceptors (Lipinski definition) is 2. The summed E-state index contributed by atoms with van der Waals surface area (Å²) in [5.74, 6) is -6.36. The lowest BCUT2D eigenvalue weighted by Crippen LogP contribution is -2.17. The second kappa shape index (κ2) is 6.98.